The van der Waals surface area contributed by atoms with Crippen molar-refractivity contribution < 1.29 is 4.74 Å². The van der Waals surface area contributed by atoms with Gasteiger partial charge in [-0.1, -0.05) is 13.3 Å². The Labute approximate surface area is 99.8 Å². The Morgan fingerprint density at radius 2 is 2.00 bits per heavy atom. The van der Waals surface area contributed by atoms with Crippen LogP contribution in [0.2, 0.25) is 0 Å². The number of nitrogens with zero attached hydrogens (tertiary/aromatic N) is 1. The molecule has 0 N–H and O–H groups in total. The van der Waals surface area contributed by atoms with Gasteiger partial charge in [-0.05, 0) is 44.0 Å². The van der Waals surface area contributed by atoms with E-state index in [2.05, 4.69) is 31.5 Å². The monoisotopic (exact) mass is 231 g/mol. The summed E-state index contributed by atoms with van der Waals surface area (Å²) in [7, 11) is 2.23. The second kappa shape index (κ2) is 6.77. The second-order valence-corrected chi connectivity index (χ2v) is 5.18. The fraction of sp³-hybridized carbons (Fsp3) is 1.00. The van der Waals surface area contributed by atoms with E-state index in [4.69, 9.17) is 4.74 Å². The molecule has 3 heteroatoms. The van der Waals surface area contributed by atoms with E-state index in [0.29, 0.717) is 5.41 Å². The Hall–Kier alpha value is 0.270. The molecule has 1 aliphatic heterocycles. The van der Waals surface area contributed by atoms with Gasteiger partial charge in [-0.25, -0.2) is 0 Å². The number of thiol groups is 1. The van der Waals surface area contributed by atoms with Crippen molar-refractivity contribution in [1.82, 2.24) is 4.90 Å². The molecule has 0 aliphatic carbocycles. The van der Waals surface area contributed by atoms with Crippen molar-refractivity contribution in [1.29, 1.82) is 0 Å². The number of rotatable bonds is 6. The van der Waals surface area contributed by atoms with Crippen molar-refractivity contribution in [2.75, 3.05) is 39.1 Å². The molecule has 0 spiro atoms. The van der Waals surface area contributed by atoms with Crippen molar-refractivity contribution in [3.05, 3.63) is 0 Å². The number of unbranched alkanes of at least 4 members (excludes halogenated alkanes) is 1. The molecule has 2 nitrogen and oxygen atoms in total. The van der Waals surface area contributed by atoms with E-state index in [0.717, 1.165) is 19.0 Å². The van der Waals surface area contributed by atoms with Crippen LogP contribution in [0.3, 0.4) is 0 Å². The third-order valence-corrected chi connectivity index (χ3v) is 4.06. The van der Waals surface area contributed by atoms with E-state index in [-0.39, 0.29) is 0 Å². The van der Waals surface area contributed by atoms with Crippen molar-refractivity contribution in [2.24, 2.45) is 5.41 Å². The van der Waals surface area contributed by atoms with Crippen LogP contribution in [0.5, 0.6) is 0 Å². The van der Waals surface area contributed by atoms with Crippen LogP contribution in [0.1, 0.15) is 32.6 Å². The van der Waals surface area contributed by atoms with Gasteiger partial charge in [0.05, 0.1) is 0 Å². The predicted octanol–water partition coefficient (Wildman–Crippen LogP) is 2.44. The smallest absolute Gasteiger partial charge is 0.0472 e. The summed E-state index contributed by atoms with van der Waals surface area (Å²) >= 11 is 4.53. The summed E-state index contributed by atoms with van der Waals surface area (Å²) in [5, 5.41) is 0. The van der Waals surface area contributed by atoms with Gasteiger partial charge in [-0.15, -0.1) is 0 Å². The van der Waals surface area contributed by atoms with E-state index >= 15 is 0 Å². The van der Waals surface area contributed by atoms with Gasteiger partial charge in [0.1, 0.15) is 0 Å². The van der Waals surface area contributed by atoms with Crippen molar-refractivity contribution in [2.45, 2.75) is 32.6 Å². The molecule has 0 bridgehead atoms. The minimum Gasteiger partial charge on any atom is -0.381 e. The van der Waals surface area contributed by atoms with E-state index in [9.17, 15) is 0 Å². The highest BCUT2D eigenvalue weighted by atomic mass is 32.1. The average Bonchev–Trinajstić information content (AvgIpc) is 2.27. The zero-order valence-electron chi connectivity index (χ0n) is 10.2. The second-order valence-electron chi connectivity index (χ2n) is 4.86. The predicted molar refractivity (Wildman–Crippen MR) is 68.7 cm³/mol. The summed E-state index contributed by atoms with van der Waals surface area (Å²) in [6, 6.07) is 0. The Bertz CT molecular complexity index is 169. The Morgan fingerprint density at radius 3 is 2.53 bits per heavy atom. The zero-order chi connectivity index (χ0) is 11.1. The van der Waals surface area contributed by atoms with E-state index in [1.54, 1.807) is 0 Å². The van der Waals surface area contributed by atoms with Gasteiger partial charge < -0.3 is 9.64 Å². The molecular weight excluding hydrogens is 206 g/mol. The molecule has 0 amide bonds. The highest BCUT2D eigenvalue weighted by Gasteiger charge is 2.32. The maximum absolute atomic E-state index is 5.44. The van der Waals surface area contributed by atoms with Crippen molar-refractivity contribution in [3.8, 4) is 0 Å². The summed E-state index contributed by atoms with van der Waals surface area (Å²) in [5.74, 6) is 0.993. The molecule has 0 aromatic rings. The normalized spacial score (nSPS) is 20.8. The Balaban J connectivity index is 2.37. The quantitative estimate of drug-likeness (QED) is 0.705. The standard InChI is InChI=1S/C12H25NOS/c1-3-4-7-13(2)10-12(11-15)5-8-14-9-6-12/h15H,3-11H2,1-2H3. The molecule has 1 aliphatic rings. The summed E-state index contributed by atoms with van der Waals surface area (Å²) in [6.45, 7) is 6.48. The Morgan fingerprint density at radius 1 is 1.33 bits per heavy atom. The van der Waals surface area contributed by atoms with Crippen LogP contribution in [-0.2, 0) is 4.74 Å². The number of hydrogen-bond acceptors (Lipinski definition) is 3. The Kier molecular flexibility index (Phi) is 6.02. The van der Waals surface area contributed by atoms with Gasteiger partial charge in [0, 0.05) is 19.8 Å². The van der Waals surface area contributed by atoms with Crippen LogP contribution in [0.4, 0.5) is 0 Å². The van der Waals surface area contributed by atoms with Crippen molar-refractivity contribution in [3.63, 3.8) is 0 Å². The SMILES string of the molecule is CCCCN(C)CC1(CS)CCOCC1. The molecule has 1 fully saturated rings. The summed E-state index contributed by atoms with van der Waals surface area (Å²) in [6.07, 6.45) is 4.93. The molecule has 0 aromatic carbocycles. The van der Waals surface area contributed by atoms with Gasteiger partial charge in [-0.2, -0.15) is 12.6 Å². The molecule has 1 saturated heterocycles. The zero-order valence-corrected chi connectivity index (χ0v) is 11.1. The minimum absolute atomic E-state index is 0.407. The van der Waals surface area contributed by atoms with Crippen LogP contribution < -0.4 is 0 Å². The molecule has 0 aromatic heterocycles. The molecule has 0 saturated carbocycles. The molecular formula is C12H25NOS. The van der Waals surface area contributed by atoms with E-state index < -0.39 is 0 Å². The number of ether oxygens (including phenoxy) is 1. The average molecular weight is 231 g/mol. The van der Waals surface area contributed by atoms with Gasteiger partial charge >= 0.3 is 0 Å². The lowest BCUT2D eigenvalue weighted by atomic mass is 9.81. The van der Waals surface area contributed by atoms with Gasteiger partial charge in [0.25, 0.3) is 0 Å². The fourth-order valence-corrected chi connectivity index (χ4v) is 2.67. The van der Waals surface area contributed by atoms with Gasteiger partial charge in [-0.3, -0.25) is 0 Å². The molecule has 0 radical (unpaired) electrons. The molecule has 90 valence electrons. The first-order valence-electron chi connectivity index (χ1n) is 6.09. The lowest BCUT2D eigenvalue weighted by molar-refractivity contribution is 0.0114. The molecule has 1 heterocycles. The molecule has 0 unspecified atom stereocenters. The molecule has 15 heavy (non-hydrogen) atoms. The first-order chi connectivity index (χ1) is 7.22. The largest absolute Gasteiger partial charge is 0.381 e. The van der Waals surface area contributed by atoms with Gasteiger partial charge in [0.15, 0.2) is 0 Å². The third kappa shape index (κ3) is 4.33. The lowest BCUT2D eigenvalue weighted by Gasteiger charge is -2.39. The topological polar surface area (TPSA) is 12.5 Å². The fourth-order valence-electron chi connectivity index (χ4n) is 2.25. The third-order valence-electron chi connectivity index (χ3n) is 3.39. The maximum Gasteiger partial charge on any atom is 0.0472 e. The highest BCUT2D eigenvalue weighted by molar-refractivity contribution is 7.80. The van der Waals surface area contributed by atoms with Crippen LogP contribution in [0.25, 0.3) is 0 Å². The van der Waals surface area contributed by atoms with Gasteiger partial charge in [0.2, 0.25) is 0 Å². The van der Waals surface area contributed by atoms with Crippen LogP contribution in [0, 0.1) is 5.41 Å². The lowest BCUT2D eigenvalue weighted by Crippen LogP contribution is -2.41. The summed E-state index contributed by atoms with van der Waals surface area (Å²) in [5.41, 5.74) is 0.407. The highest BCUT2D eigenvalue weighted by Crippen LogP contribution is 2.32. The minimum atomic E-state index is 0.407. The maximum atomic E-state index is 5.44. The van der Waals surface area contributed by atoms with Crippen LogP contribution in [-0.4, -0.2) is 44.0 Å². The van der Waals surface area contributed by atoms with E-state index in [1.165, 1.54) is 38.8 Å². The van der Waals surface area contributed by atoms with Crippen LogP contribution >= 0.6 is 12.6 Å². The first kappa shape index (κ1) is 13.3. The summed E-state index contributed by atoms with van der Waals surface area (Å²) < 4.78 is 5.44. The van der Waals surface area contributed by atoms with Crippen molar-refractivity contribution >= 4 is 12.6 Å². The van der Waals surface area contributed by atoms with E-state index in [1.807, 2.05) is 0 Å². The number of hydrogen-bond donors (Lipinski definition) is 1. The molecule has 1 rings (SSSR count). The first-order valence-corrected chi connectivity index (χ1v) is 6.73. The van der Waals surface area contributed by atoms with Crippen LogP contribution in [0.15, 0.2) is 0 Å². The molecule has 0 atom stereocenters. The summed E-state index contributed by atoms with van der Waals surface area (Å²) in [4.78, 5) is 2.46.